The Morgan fingerprint density at radius 2 is 1.95 bits per heavy atom. The van der Waals surface area contributed by atoms with Gasteiger partial charge in [-0.3, -0.25) is 14.1 Å². The average molecular weight is 305 g/mol. The maximum absolute atomic E-state index is 12.3. The topological polar surface area (TPSA) is 83.9 Å². The molecule has 2 amide bonds. The monoisotopic (exact) mass is 305 g/mol. The quantitative estimate of drug-likeness (QED) is 0.522. The molecular formula is C14H11NO5S. The number of hydrogen-bond donors (Lipinski definition) is 1. The molecule has 0 aliphatic carbocycles. The minimum Gasteiger partial charge on any atom is -0.282 e. The lowest BCUT2D eigenvalue weighted by atomic mass is 9.90. The van der Waals surface area contributed by atoms with Gasteiger partial charge in [-0.1, -0.05) is 37.4 Å². The van der Waals surface area contributed by atoms with E-state index < -0.39 is 23.2 Å². The van der Waals surface area contributed by atoms with Crippen molar-refractivity contribution in [3.05, 3.63) is 60.2 Å². The van der Waals surface area contributed by atoms with E-state index >= 15 is 0 Å². The summed E-state index contributed by atoms with van der Waals surface area (Å²) in [5.74, 6) is -1.66. The van der Waals surface area contributed by atoms with E-state index in [1.54, 1.807) is 12.1 Å². The van der Waals surface area contributed by atoms with E-state index in [4.69, 9.17) is 4.55 Å². The van der Waals surface area contributed by atoms with Crippen molar-refractivity contribution in [3.63, 3.8) is 0 Å². The number of hydrogen-bond acceptors (Lipinski definition) is 4. The molecule has 21 heavy (non-hydrogen) atoms. The normalized spacial score (nSPS) is 17.6. The number of carbonyl (C=O) groups is 2. The SMILES string of the molecule is C=C/C=C1/C(=O)N(OS(=O)O)C(=O)c2cccc(C=C)c21. The molecule has 1 aromatic carbocycles. The zero-order valence-corrected chi connectivity index (χ0v) is 11.6. The first-order valence-electron chi connectivity index (χ1n) is 5.78. The maximum atomic E-state index is 12.3. The lowest BCUT2D eigenvalue weighted by Crippen LogP contribution is -2.42. The van der Waals surface area contributed by atoms with Crippen molar-refractivity contribution in [2.24, 2.45) is 0 Å². The number of allylic oxidation sites excluding steroid dienone is 2. The molecule has 1 aliphatic rings. The Morgan fingerprint density at radius 1 is 1.24 bits per heavy atom. The molecule has 2 rings (SSSR count). The number of fused-ring (bicyclic) bond motifs is 1. The Kier molecular flexibility index (Phi) is 4.27. The van der Waals surface area contributed by atoms with E-state index in [1.165, 1.54) is 24.3 Å². The molecule has 1 heterocycles. The highest BCUT2D eigenvalue weighted by molar-refractivity contribution is 7.74. The van der Waals surface area contributed by atoms with E-state index in [9.17, 15) is 13.8 Å². The Balaban J connectivity index is 2.72. The fraction of sp³-hybridized carbons (Fsp3) is 0. The summed E-state index contributed by atoms with van der Waals surface area (Å²) in [6, 6.07) is 4.80. The second kappa shape index (κ2) is 5.96. The first-order chi connectivity index (χ1) is 10.0. The predicted molar refractivity (Wildman–Crippen MR) is 77.7 cm³/mol. The number of rotatable bonds is 4. The van der Waals surface area contributed by atoms with Crippen LogP contribution in [0.4, 0.5) is 0 Å². The zero-order valence-electron chi connectivity index (χ0n) is 10.8. The molecule has 0 radical (unpaired) electrons. The van der Waals surface area contributed by atoms with Crippen molar-refractivity contribution in [3.8, 4) is 0 Å². The van der Waals surface area contributed by atoms with Crippen molar-refractivity contribution in [1.82, 2.24) is 5.06 Å². The summed E-state index contributed by atoms with van der Waals surface area (Å²) < 4.78 is 23.9. The molecule has 1 aromatic rings. The number of carbonyl (C=O) groups excluding carboxylic acids is 2. The minimum absolute atomic E-state index is 0.126. The van der Waals surface area contributed by atoms with Gasteiger partial charge in [0.25, 0.3) is 11.8 Å². The molecule has 0 aromatic heterocycles. The summed E-state index contributed by atoms with van der Waals surface area (Å²) in [6.45, 7) is 7.16. The van der Waals surface area contributed by atoms with E-state index in [-0.39, 0.29) is 16.2 Å². The second-order valence-corrected chi connectivity index (χ2v) is 4.57. The highest BCUT2D eigenvalue weighted by Crippen LogP contribution is 2.32. The average Bonchev–Trinajstić information content (AvgIpc) is 2.47. The Hall–Kier alpha value is -2.35. The number of benzene rings is 1. The lowest BCUT2D eigenvalue weighted by Gasteiger charge is -2.26. The van der Waals surface area contributed by atoms with Crippen LogP contribution in [0.1, 0.15) is 21.5 Å². The van der Waals surface area contributed by atoms with Gasteiger partial charge in [0.1, 0.15) is 0 Å². The summed E-state index contributed by atoms with van der Waals surface area (Å²) in [6.07, 6.45) is 4.29. The third kappa shape index (κ3) is 2.62. The van der Waals surface area contributed by atoms with Crippen LogP contribution in [-0.4, -0.2) is 25.6 Å². The summed E-state index contributed by atoms with van der Waals surface area (Å²) in [5.41, 5.74) is 1.28. The van der Waals surface area contributed by atoms with Crippen molar-refractivity contribution < 1.29 is 22.6 Å². The number of nitrogens with zero attached hydrogens (tertiary/aromatic N) is 1. The molecule has 1 aliphatic heterocycles. The van der Waals surface area contributed by atoms with Crippen molar-refractivity contribution in [2.75, 3.05) is 0 Å². The van der Waals surface area contributed by atoms with Gasteiger partial charge < -0.3 is 0 Å². The van der Waals surface area contributed by atoms with E-state index in [0.29, 0.717) is 11.1 Å². The summed E-state index contributed by atoms with van der Waals surface area (Å²) >= 11 is -2.80. The van der Waals surface area contributed by atoms with Crippen LogP contribution < -0.4 is 0 Å². The molecule has 7 heteroatoms. The van der Waals surface area contributed by atoms with Crippen LogP contribution in [-0.2, 0) is 20.4 Å². The number of amides is 2. The molecular weight excluding hydrogens is 294 g/mol. The molecule has 1 atom stereocenters. The van der Waals surface area contributed by atoms with Crippen LogP contribution in [0.15, 0.2) is 43.5 Å². The first kappa shape index (κ1) is 15.0. The van der Waals surface area contributed by atoms with Gasteiger partial charge in [-0.05, 0) is 17.7 Å². The van der Waals surface area contributed by atoms with Crippen molar-refractivity contribution >= 4 is 34.8 Å². The highest BCUT2D eigenvalue weighted by Gasteiger charge is 2.38. The Labute approximate surface area is 123 Å². The van der Waals surface area contributed by atoms with Gasteiger partial charge in [0.2, 0.25) is 0 Å². The zero-order chi connectivity index (χ0) is 15.6. The predicted octanol–water partition coefficient (Wildman–Crippen LogP) is 1.95. The lowest BCUT2D eigenvalue weighted by molar-refractivity contribution is -0.141. The fourth-order valence-corrected chi connectivity index (χ4v) is 2.30. The summed E-state index contributed by atoms with van der Waals surface area (Å²) in [4.78, 5) is 24.5. The van der Waals surface area contributed by atoms with Gasteiger partial charge in [-0.25, -0.2) is 0 Å². The van der Waals surface area contributed by atoms with E-state index in [2.05, 4.69) is 17.4 Å². The van der Waals surface area contributed by atoms with Crippen LogP contribution in [0.5, 0.6) is 0 Å². The van der Waals surface area contributed by atoms with Crippen LogP contribution in [0.3, 0.4) is 0 Å². The summed E-state index contributed by atoms with van der Waals surface area (Å²) in [5, 5.41) is 0.265. The van der Waals surface area contributed by atoms with Gasteiger partial charge >= 0.3 is 11.4 Å². The van der Waals surface area contributed by atoms with Crippen LogP contribution in [0, 0.1) is 0 Å². The second-order valence-electron chi connectivity index (χ2n) is 3.99. The molecule has 0 spiro atoms. The van der Waals surface area contributed by atoms with Gasteiger partial charge in [0.15, 0.2) is 0 Å². The first-order valence-corrected chi connectivity index (χ1v) is 6.81. The molecule has 0 saturated heterocycles. The van der Waals surface area contributed by atoms with Gasteiger partial charge in [-0.2, -0.15) is 4.21 Å². The maximum Gasteiger partial charge on any atom is 0.325 e. The molecule has 1 N–H and O–H groups in total. The molecule has 0 fully saturated rings. The van der Waals surface area contributed by atoms with Gasteiger partial charge in [0, 0.05) is 5.56 Å². The smallest absolute Gasteiger partial charge is 0.282 e. The number of hydroxylamine groups is 2. The minimum atomic E-state index is -2.80. The summed E-state index contributed by atoms with van der Waals surface area (Å²) in [7, 11) is 0. The third-order valence-corrected chi connectivity index (χ3v) is 3.12. The number of imide groups is 1. The van der Waals surface area contributed by atoms with Gasteiger partial charge in [-0.15, -0.1) is 9.35 Å². The largest absolute Gasteiger partial charge is 0.325 e. The van der Waals surface area contributed by atoms with E-state index in [1.807, 2.05) is 0 Å². The van der Waals surface area contributed by atoms with Crippen LogP contribution >= 0.6 is 0 Å². The Bertz CT molecular complexity index is 707. The standard InChI is InChI=1S/C14H11NO5S/c1-3-6-10-12-9(4-2)7-5-8-11(12)14(17)15(13(10)16)20-21(18)19/h3-8H,1-2H2,(H,18,19)/b10-6+. The third-order valence-electron chi connectivity index (χ3n) is 2.84. The molecule has 6 nitrogen and oxygen atoms in total. The van der Waals surface area contributed by atoms with Crippen molar-refractivity contribution in [1.29, 1.82) is 0 Å². The molecule has 1 unspecified atom stereocenters. The highest BCUT2D eigenvalue weighted by atomic mass is 32.2. The molecule has 0 saturated carbocycles. The van der Waals surface area contributed by atoms with Crippen LogP contribution in [0.25, 0.3) is 11.6 Å². The molecule has 108 valence electrons. The van der Waals surface area contributed by atoms with E-state index in [0.717, 1.165) is 0 Å². The van der Waals surface area contributed by atoms with Gasteiger partial charge in [0.05, 0.1) is 11.1 Å². The fourth-order valence-electron chi connectivity index (χ4n) is 2.04. The Morgan fingerprint density at radius 3 is 2.52 bits per heavy atom. The van der Waals surface area contributed by atoms with Crippen molar-refractivity contribution in [2.45, 2.75) is 0 Å². The van der Waals surface area contributed by atoms with Crippen LogP contribution in [0.2, 0.25) is 0 Å². The molecule has 0 bridgehead atoms.